The lowest BCUT2D eigenvalue weighted by atomic mass is 10.0. The number of likely N-dealkylation sites (N-methyl/N-ethyl adjacent to an activating group) is 1. The summed E-state index contributed by atoms with van der Waals surface area (Å²) >= 11 is 0. The number of quaternary nitrogens is 1. The number of carbonyl (C=O) groups excluding carboxylic acids is 1. The van der Waals surface area contributed by atoms with E-state index in [9.17, 15) is 19.4 Å². The number of amides is 1. The molecule has 0 bridgehead atoms. The first-order valence-corrected chi connectivity index (χ1v) is 37.5. The quantitative estimate of drug-likeness (QED) is 0.0272. The molecule has 0 radical (unpaired) electrons. The van der Waals surface area contributed by atoms with Crippen LogP contribution in [-0.2, 0) is 18.4 Å². The Hall–Kier alpha value is -2.58. The van der Waals surface area contributed by atoms with Crippen LogP contribution in [0.1, 0.15) is 328 Å². The van der Waals surface area contributed by atoms with Gasteiger partial charge in [0.25, 0.3) is 7.82 Å². The van der Waals surface area contributed by atoms with Crippen LogP contribution in [0.25, 0.3) is 0 Å². The van der Waals surface area contributed by atoms with Crippen molar-refractivity contribution in [3.63, 3.8) is 0 Å². The molecule has 0 rings (SSSR count). The predicted molar refractivity (Wildman–Crippen MR) is 371 cm³/mol. The second-order valence-electron chi connectivity index (χ2n) is 25.6. The van der Waals surface area contributed by atoms with Crippen LogP contribution in [0, 0.1) is 0 Å². The van der Waals surface area contributed by atoms with Crippen LogP contribution in [0.4, 0.5) is 0 Å². The van der Waals surface area contributed by atoms with E-state index < -0.39 is 20.0 Å². The van der Waals surface area contributed by atoms with Crippen LogP contribution in [0.5, 0.6) is 0 Å². The van der Waals surface area contributed by atoms with Gasteiger partial charge in [-0.05, 0) is 77.0 Å². The third-order valence-corrected chi connectivity index (χ3v) is 17.1. The molecule has 0 heterocycles. The number of aliphatic hydroxyl groups is 1. The smallest absolute Gasteiger partial charge is 0.268 e. The largest absolute Gasteiger partial charge is 0.756 e. The first kappa shape index (κ1) is 82.4. The first-order valence-electron chi connectivity index (χ1n) is 36.1. The van der Waals surface area contributed by atoms with Crippen molar-refractivity contribution in [2.45, 2.75) is 341 Å². The monoisotopic (exact) mass is 1210 g/mol. The number of hydrogen-bond donors (Lipinski definition) is 2. The van der Waals surface area contributed by atoms with E-state index in [1.54, 1.807) is 0 Å². The molecule has 2 N–H and O–H groups in total. The summed E-state index contributed by atoms with van der Waals surface area (Å²) in [5, 5.41) is 14.1. The predicted octanol–water partition coefficient (Wildman–Crippen LogP) is 22.6. The molecule has 0 fully saturated rings. The van der Waals surface area contributed by atoms with Gasteiger partial charge in [-0.15, -0.1) is 0 Å². The number of allylic oxidation sites excluding steroid dienone is 16. The number of nitrogens with zero attached hydrogens (tertiary/aromatic N) is 1. The molecule has 0 aromatic heterocycles. The lowest BCUT2D eigenvalue weighted by molar-refractivity contribution is -0.870. The van der Waals surface area contributed by atoms with Gasteiger partial charge >= 0.3 is 0 Å². The molecule has 0 aliphatic carbocycles. The van der Waals surface area contributed by atoms with Gasteiger partial charge in [0.2, 0.25) is 5.91 Å². The third kappa shape index (κ3) is 68.8. The molecule has 0 aliphatic heterocycles. The van der Waals surface area contributed by atoms with Gasteiger partial charge in [-0.2, -0.15) is 0 Å². The molecule has 0 aliphatic rings. The number of unbranched alkanes of at least 4 members (excludes halogenated alkanes) is 37. The number of rotatable bonds is 66. The van der Waals surface area contributed by atoms with Crippen LogP contribution in [0.15, 0.2) is 97.2 Å². The molecule has 3 unspecified atom stereocenters. The molecular weight excluding hydrogens is 1070 g/mol. The van der Waals surface area contributed by atoms with Gasteiger partial charge in [-0.25, -0.2) is 0 Å². The van der Waals surface area contributed by atoms with Crippen molar-refractivity contribution in [3.8, 4) is 0 Å². The number of phosphoric ester groups is 1. The minimum atomic E-state index is -4.59. The van der Waals surface area contributed by atoms with Gasteiger partial charge in [0.1, 0.15) is 13.2 Å². The fourth-order valence-electron chi connectivity index (χ4n) is 10.5. The topological polar surface area (TPSA) is 108 Å². The maximum atomic E-state index is 13.1. The van der Waals surface area contributed by atoms with E-state index in [0.717, 1.165) is 96.3 Å². The van der Waals surface area contributed by atoms with E-state index in [1.807, 2.05) is 21.1 Å². The molecule has 0 aromatic carbocycles. The zero-order chi connectivity index (χ0) is 61.9. The van der Waals surface area contributed by atoms with Gasteiger partial charge in [0, 0.05) is 6.42 Å². The van der Waals surface area contributed by atoms with Crippen molar-refractivity contribution < 1.29 is 32.9 Å². The maximum absolute atomic E-state index is 13.1. The van der Waals surface area contributed by atoms with Gasteiger partial charge < -0.3 is 28.8 Å². The van der Waals surface area contributed by atoms with Crippen molar-refractivity contribution >= 4 is 13.7 Å². The summed E-state index contributed by atoms with van der Waals surface area (Å²) in [5.74, 6) is -0.169. The molecule has 85 heavy (non-hydrogen) atoms. The summed E-state index contributed by atoms with van der Waals surface area (Å²) in [6, 6.07) is -0.811. The normalized spacial score (nSPS) is 14.2. The highest BCUT2D eigenvalue weighted by atomic mass is 31.2. The van der Waals surface area contributed by atoms with E-state index in [-0.39, 0.29) is 19.1 Å². The summed E-state index contributed by atoms with van der Waals surface area (Å²) < 4.78 is 23.6. The number of hydrogen-bond acceptors (Lipinski definition) is 6. The lowest BCUT2D eigenvalue weighted by Gasteiger charge is -2.30. The van der Waals surface area contributed by atoms with Gasteiger partial charge in [-0.3, -0.25) is 9.36 Å². The summed E-state index contributed by atoms with van der Waals surface area (Å²) in [7, 11) is 1.30. The Kier molecular flexibility index (Phi) is 63.9. The van der Waals surface area contributed by atoms with Crippen molar-refractivity contribution in [2.75, 3.05) is 40.9 Å². The summed E-state index contributed by atoms with van der Waals surface area (Å²) in [6.07, 6.45) is 94.8. The van der Waals surface area contributed by atoms with Crippen molar-refractivity contribution in [1.29, 1.82) is 0 Å². The highest BCUT2D eigenvalue weighted by Crippen LogP contribution is 2.38. The van der Waals surface area contributed by atoms with Crippen molar-refractivity contribution in [2.24, 2.45) is 0 Å². The Balaban J connectivity index is 4.07. The van der Waals surface area contributed by atoms with E-state index in [1.165, 1.54) is 205 Å². The SMILES string of the molecule is CC/C=C\C/C=C\C/C=C\C/C=C\C/C=C\C/C=C\C/C=C\C/C=C\CCCCCCCCCCCCC(=O)NC(COP(=O)([O-])OCC[N+](C)(C)C)C(O)CCCCCCCCCCCCCCCCCCCCCCCCCCCCCC. The molecule has 0 saturated heterocycles. The van der Waals surface area contributed by atoms with Gasteiger partial charge in [0.05, 0.1) is 39.9 Å². The number of phosphoric acid groups is 1. The molecule has 0 spiro atoms. The molecule has 8 nitrogen and oxygen atoms in total. The highest BCUT2D eigenvalue weighted by molar-refractivity contribution is 7.45. The van der Waals surface area contributed by atoms with Crippen molar-refractivity contribution in [1.82, 2.24) is 5.32 Å². The summed E-state index contributed by atoms with van der Waals surface area (Å²) in [5.41, 5.74) is 0. The molecule has 1 amide bonds. The standard InChI is InChI=1S/C76H139N2O6P/c1-6-8-10-12-14-16-18-20-22-24-26-28-30-32-34-36-37-38-39-40-41-42-44-46-48-50-52-54-56-58-60-62-64-66-68-70-76(80)77-74(73-84-85(81,82)83-72-71-78(3,4)5)75(79)69-67-65-63-61-59-57-55-53-51-49-47-45-43-35-33-31-29-27-25-23-21-19-17-15-13-11-9-7-2/h8,10,14,16,20,22,26,28,32,34,37-38,40-41,44,46,74-75,79H,6-7,9,11-13,15,17-19,21,23-25,27,29-31,33,35-36,39,42-43,45,47-73H2,1-5H3,(H-,77,80,81,82)/b10-8-,16-14-,22-20-,28-26-,34-32-,38-37-,41-40-,46-44-. The Morgan fingerprint density at radius 3 is 1.05 bits per heavy atom. The first-order chi connectivity index (χ1) is 41.5. The number of carbonyl (C=O) groups is 1. The van der Waals surface area contributed by atoms with Gasteiger partial charge in [-0.1, -0.05) is 342 Å². The molecule has 3 atom stereocenters. The number of aliphatic hydroxyl groups excluding tert-OH is 1. The molecule has 0 aromatic rings. The Bertz CT molecular complexity index is 1710. The second kappa shape index (κ2) is 65.9. The zero-order valence-corrected chi connectivity index (χ0v) is 57.4. The number of nitrogens with one attached hydrogen (secondary N) is 1. The average molecular weight is 1210 g/mol. The highest BCUT2D eigenvalue weighted by Gasteiger charge is 2.24. The van der Waals surface area contributed by atoms with Gasteiger partial charge in [0.15, 0.2) is 0 Å². The molecule has 494 valence electrons. The second-order valence-corrected chi connectivity index (χ2v) is 27.0. The van der Waals surface area contributed by atoms with Crippen molar-refractivity contribution in [3.05, 3.63) is 97.2 Å². The fraction of sp³-hybridized carbons (Fsp3) is 0.776. The summed E-state index contributed by atoms with van der Waals surface area (Å²) in [4.78, 5) is 25.7. The maximum Gasteiger partial charge on any atom is 0.268 e. The fourth-order valence-corrected chi connectivity index (χ4v) is 11.3. The molecule has 0 saturated carbocycles. The Morgan fingerprint density at radius 2 is 0.718 bits per heavy atom. The zero-order valence-electron chi connectivity index (χ0n) is 56.5. The lowest BCUT2D eigenvalue weighted by Crippen LogP contribution is -2.46. The average Bonchev–Trinajstić information content (AvgIpc) is 3.48. The Labute approximate surface area is 528 Å². The van der Waals surface area contributed by atoms with Crippen LogP contribution < -0.4 is 10.2 Å². The third-order valence-electron chi connectivity index (χ3n) is 16.1. The minimum absolute atomic E-state index is 0.00803. The molecular formula is C76H139N2O6P. The van der Waals surface area contributed by atoms with Crippen LogP contribution in [0.2, 0.25) is 0 Å². The van der Waals surface area contributed by atoms with E-state index >= 15 is 0 Å². The van der Waals surface area contributed by atoms with E-state index in [0.29, 0.717) is 23.9 Å². The minimum Gasteiger partial charge on any atom is -0.756 e. The Morgan fingerprint density at radius 1 is 0.424 bits per heavy atom. The van der Waals surface area contributed by atoms with Crippen LogP contribution >= 0.6 is 7.82 Å². The van der Waals surface area contributed by atoms with Crippen LogP contribution in [0.3, 0.4) is 0 Å². The summed E-state index contributed by atoms with van der Waals surface area (Å²) in [6.45, 7) is 4.64. The van der Waals surface area contributed by atoms with E-state index in [4.69, 9.17) is 9.05 Å². The van der Waals surface area contributed by atoms with Crippen LogP contribution in [-0.4, -0.2) is 68.5 Å². The molecule has 9 heteroatoms. The van der Waals surface area contributed by atoms with E-state index in [2.05, 4.69) is 116 Å².